The van der Waals surface area contributed by atoms with Gasteiger partial charge in [-0.1, -0.05) is 20.8 Å². The van der Waals surface area contributed by atoms with Crippen LogP contribution in [-0.4, -0.2) is 17.6 Å². The molecule has 0 saturated heterocycles. The zero-order valence-corrected chi connectivity index (χ0v) is 12.7. The molecule has 1 fully saturated rings. The van der Waals surface area contributed by atoms with Crippen LogP contribution in [0.3, 0.4) is 0 Å². The summed E-state index contributed by atoms with van der Waals surface area (Å²) in [5.74, 6) is 2.51. The third-order valence-corrected chi connectivity index (χ3v) is 5.15. The molecule has 0 aliphatic heterocycles. The summed E-state index contributed by atoms with van der Waals surface area (Å²) in [4.78, 5) is 4.47. The van der Waals surface area contributed by atoms with Gasteiger partial charge < -0.3 is 5.32 Å². The first kappa shape index (κ1) is 14.0. The van der Waals surface area contributed by atoms with Crippen molar-refractivity contribution in [3.8, 4) is 0 Å². The summed E-state index contributed by atoms with van der Waals surface area (Å²) in [5.41, 5.74) is 0. The van der Waals surface area contributed by atoms with Gasteiger partial charge in [-0.2, -0.15) is 0 Å². The molecule has 3 atom stereocenters. The highest BCUT2D eigenvalue weighted by Crippen LogP contribution is 2.35. The Morgan fingerprint density at radius 1 is 1.44 bits per heavy atom. The molecule has 1 aliphatic rings. The van der Waals surface area contributed by atoms with Gasteiger partial charge in [0.1, 0.15) is 0 Å². The first-order valence-electron chi connectivity index (χ1n) is 7.32. The van der Waals surface area contributed by atoms with Crippen LogP contribution in [0.2, 0.25) is 0 Å². The van der Waals surface area contributed by atoms with Gasteiger partial charge in [0.2, 0.25) is 0 Å². The van der Waals surface area contributed by atoms with Gasteiger partial charge in [0.15, 0.2) is 0 Å². The number of aromatic nitrogens is 1. The second-order valence-corrected chi connectivity index (χ2v) is 6.85. The largest absolute Gasteiger partial charge is 0.314 e. The molecular weight excluding hydrogens is 240 g/mol. The normalized spacial score (nSPS) is 28.8. The maximum atomic E-state index is 4.47. The number of hydrogen-bond donors (Lipinski definition) is 1. The topological polar surface area (TPSA) is 24.9 Å². The van der Waals surface area contributed by atoms with E-state index in [0.717, 1.165) is 24.3 Å². The Balaban J connectivity index is 2.00. The Morgan fingerprint density at radius 3 is 2.89 bits per heavy atom. The molecule has 0 radical (unpaired) electrons. The van der Waals surface area contributed by atoms with E-state index in [1.165, 1.54) is 30.7 Å². The van der Waals surface area contributed by atoms with Crippen LogP contribution in [0.1, 0.15) is 45.0 Å². The fraction of sp³-hybridized carbons (Fsp3) is 0.800. The van der Waals surface area contributed by atoms with Crippen LogP contribution in [0.4, 0.5) is 0 Å². The molecule has 1 N–H and O–H groups in total. The standard InChI is InChI=1S/C15H26N2S/c1-4-16-14-6-5-12(11(2)3)9-13(14)10-15-17-7-8-18-15/h7-8,11-14,16H,4-6,9-10H2,1-3H3. The van der Waals surface area contributed by atoms with E-state index in [9.17, 15) is 0 Å². The molecule has 1 heterocycles. The van der Waals surface area contributed by atoms with Crippen molar-refractivity contribution < 1.29 is 0 Å². The van der Waals surface area contributed by atoms with Crippen LogP contribution in [0.5, 0.6) is 0 Å². The number of nitrogens with one attached hydrogen (secondary N) is 1. The lowest BCUT2D eigenvalue weighted by atomic mass is 9.72. The van der Waals surface area contributed by atoms with Crippen molar-refractivity contribution in [1.82, 2.24) is 10.3 Å². The summed E-state index contributed by atoms with van der Waals surface area (Å²) in [6, 6.07) is 0.703. The van der Waals surface area contributed by atoms with E-state index in [0.29, 0.717) is 6.04 Å². The molecule has 0 amide bonds. The van der Waals surface area contributed by atoms with Crippen LogP contribution in [-0.2, 0) is 6.42 Å². The second kappa shape index (κ2) is 6.67. The highest BCUT2D eigenvalue weighted by Gasteiger charge is 2.31. The summed E-state index contributed by atoms with van der Waals surface area (Å²) in [6.07, 6.45) is 7.20. The SMILES string of the molecule is CCNC1CCC(C(C)C)CC1Cc1nccs1. The summed E-state index contributed by atoms with van der Waals surface area (Å²) in [5, 5.41) is 7.09. The fourth-order valence-electron chi connectivity index (χ4n) is 3.24. The van der Waals surface area contributed by atoms with Gasteiger partial charge in [-0.3, -0.25) is 0 Å². The van der Waals surface area contributed by atoms with E-state index in [2.05, 4.69) is 36.5 Å². The maximum Gasteiger partial charge on any atom is 0.0928 e. The molecule has 3 unspecified atom stereocenters. The predicted octanol–water partition coefficient (Wildman–Crippen LogP) is 3.74. The van der Waals surface area contributed by atoms with E-state index in [1.54, 1.807) is 0 Å². The Labute approximate surface area is 115 Å². The minimum Gasteiger partial charge on any atom is -0.314 e. The number of nitrogens with zero attached hydrogens (tertiary/aromatic N) is 1. The van der Waals surface area contributed by atoms with E-state index in [4.69, 9.17) is 0 Å². The predicted molar refractivity (Wildman–Crippen MR) is 79.0 cm³/mol. The highest BCUT2D eigenvalue weighted by molar-refractivity contribution is 7.09. The highest BCUT2D eigenvalue weighted by atomic mass is 32.1. The lowest BCUT2D eigenvalue weighted by Gasteiger charge is -2.38. The maximum absolute atomic E-state index is 4.47. The Bertz CT molecular complexity index is 334. The van der Waals surface area contributed by atoms with E-state index in [-0.39, 0.29) is 0 Å². The third-order valence-electron chi connectivity index (χ3n) is 4.35. The van der Waals surface area contributed by atoms with Crippen molar-refractivity contribution in [2.24, 2.45) is 17.8 Å². The number of hydrogen-bond acceptors (Lipinski definition) is 3. The Morgan fingerprint density at radius 2 is 2.28 bits per heavy atom. The molecule has 1 aromatic heterocycles. The van der Waals surface area contributed by atoms with Crippen LogP contribution >= 0.6 is 11.3 Å². The van der Waals surface area contributed by atoms with Gasteiger partial charge in [0.05, 0.1) is 5.01 Å². The lowest BCUT2D eigenvalue weighted by molar-refractivity contribution is 0.169. The fourth-order valence-corrected chi connectivity index (χ4v) is 3.95. The average molecular weight is 266 g/mol. The Kier molecular flexibility index (Phi) is 5.19. The molecule has 1 saturated carbocycles. The third kappa shape index (κ3) is 3.55. The minimum absolute atomic E-state index is 0.703. The van der Waals surface area contributed by atoms with Crippen molar-refractivity contribution in [3.63, 3.8) is 0 Å². The van der Waals surface area contributed by atoms with Crippen LogP contribution < -0.4 is 5.32 Å². The first-order valence-corrected chi connectivity index (χ1v) is 8.20. The van der Waals surface area contributed by atoms with Crippen molar-refractivity contribution >= 4 is 11.3 Å². The van der Waals surface area contributed by atoms with Gasteiger partial charge >= 0.3 is 0 Å². The zero-order chi connectivity index (χ0) is 13.0. The molecule has 0 bridgehead atoms. The molecule has 2 nitrogen and oxygen atoms in total. The molecule has 1 aromatic rings. The van der Waals surface area contributed by atoms with Gasteiger partial charge in [-0.15, -0.1) is 11.3 Å². The van der Waals surface area contributed by atoms with Crippen molar-refractivity contribution in [2.75, 3.05) is 6.54 Å². The van der Waals surface area contributed by atoms with Crippen molar-refractivity contribution in [3.05, 3.63) is 16.6 Å². The molecule has 0 spiro atoms. The molecule has 3 heteroatoms. The summed E-state index contributed by atoms with van der Waals surface area (Å²) in [6.45, 7) is 8.05. The Hall–Kier alpha value is -0.410. The molecular formula is C15H26N2S. The molecule has 0 aromatic carbocycles. The van der Waals surface area contributed by atoms with E-state index < -0.39 is 0 Å². The summed E-state index contributed by atoms with van der Waals surface area (Å²) >= 11 is 1.81. The monoisotopic (exact) mass is 266 g/mol. The van der Waals surface area contributed by atoms with Gasteiger partial charge in [0.25, 0.3) is 0 Å². The second-order valence-electron chi connectivity index (χ2n) is 5.87. The number of rotatable bonds is 5. The van der Waals surface area contributed by atoms with Crippen molar-refractivity contribution in [1.29, 1.82) is 0 Å². The van der Waals surface area contributed by atoms with Crippen LogP contribution in [0.15, 0.2) is 11.6 Å². The molecule has 18 heavy (non-hydrogen) atoms. The van der Waals surface area contributed by atoms with Crippen LogP contribution in [0.25, 0.3) is 0 Å². The van der Waals surface area contributed by atoms with Crippen molar-refractivity contribution in [2.45, 2.75) is 52.5 Å². The molecule has 102 valence electrons. The van der Waals surface area contributed by atoms with Gasteiger partial charge in [0, 0.05) is 24.0 Å². The summed E-state index contributed by atoms with van der Waals surface area (Å²) < 4.78 is 0. The van der Waals surface area contributed by atoms with E-state index in [1.807, 2.05) is 17.5 Å². The number of thiazole rings is 1. The quantitative estimate of drug-likeness (QED) is 0.878. The molecule has 1 aliphatic carbocycles. The van der Waals surface area contributed by atoms with Crippen LogP contribution in [0, 0.1) is 17.8 Å². The zero-order valence-electron chi connectivity index (χ0n) is 11.9. The minimum atomic E-state index is 0.703. The summed E-state index contributed by atoms with van der Waals surface area (Å²) in [7, 11) is 0. The first-order chi connectivity index (χ1) is 8.70. The lowest BCUT2D eigenvalue weighted by Crippen LogP contribution is -2.42. The smallest absolute Gasteiger partial charge is 0.0928 e. The van der Waals surface area contributed by atoms with Gasteiger partial charge in [-0.05, 0) is 43.6 Å². The average Bonchev–Trinajstić information content (AvgIpc) is 2.84. The van der Waals surface area contributed by atoms with Gasteiger partial charge in [-0.25, -0.2) is 4.98 Å². The molecule has 2 rings (SSSR count). The van der Waals surface area contributed by atoms with E-state index >= 15 is 0 Å².